The van der Waals surface area contributed by atoms with Crippen LogP contribution in [0.15, 0.2) is 72.8 Å². The van der Waals surface area contributed by atoms with E-state index in [9.17, 15) is 9.59 Å². The zero-order valence-electron chi connectivity index (χ0n) is 17.6. The summed E-state index contributed by atoms with van der Waals surface area (Å²) in [5, 5.41) is 5.85. The van der Waals surface area contributed by atoms with Crippen molar-refractivity contribution >= 4 is 29.1 Å². The molecular formula is C25H24N2O4. The van der Waals surface area contributed by atoms with E-state index in [4.69, 9.17) is 9.47 Å². The first-order chi connectivity index (χ1) is 15.0. The highest BCUT2D eigenvalue weighted by molar-refractivity contribution is 6.09. The standard InChI is InChI=1S/C25H24N2O4/c1-26-21-7-5-4-6-20(21)25(29)27-19-12-10-18(11-13-19)22(28)14-8-17-9-15-23(30-2)24(16-17)31-3/h4-16,26H,1-3H3,(H,27,29)/b14-8+. The lowest BCUT2D eigenvalue weighted by Crippen LogP contribution is -2.14. The Morgan fingerprint density at radius 3 is 2.26 bits per heavy atom. The number of hydrogen-bond donors (Lipinski definition) is 2. The Balaban J connectivity index is 1.67. The number of ether oxygens (including phenoxy) is 2. The van der Waals surface area contributed by atoms with Crippen LogP contribution in [0.25, 0.3) is 6.08 Å². The van der Waals surface area contributed by atoms with Crippen molar-refractivity contribution in [3.8, 4) is 11.5 Å². The Morgan fingerprint density at radius 1 is 0.871 bits per heavy atom. The first kappa shape index (κ1) is 21.6. The van der Waals surface area contributed by atoms with Gasteiger partial charge in [-0.1, -0.05) is 24.3 Å². The molecule has 158 valence electrons. The molecule has 0 bridgehead atoms. The van der Waals surface area contributed by atoms with Crippen molar-refractivity contribution in [2.45, 2.75) is 0 Å². The Morgan fingerprint density at radius 2 is 1.58 bits per heavy atom. The number of hydrogen-bond acceptors (Lipinski definition) is 5. The van der Waals surface area contributed by atoms with Gasteiger partial charge < -0.3 is 20.1 Å². The summed E-state index contributed by atoms with van der Waals surface area (Å²) in [7, 11) is 4.90. The third-order valence-electron chi connectivity index (χ3n) is 4.70. The van der Waals surface area contributed by atoms with Gasteiger partial charge in [-0.25, -0.2) is 0 Å². The van der Waals surface area contributed by atoms with Crippen molar-refractivity contribution in [2.24, 2.45) is 0 Å². The van der Waals surface area contributed by atoms with Crippen LogP contribution in [0.4, 0.5) is 11.4 Å². The van der Waals surface area contributed by atoms with E-state index in [2.05, 4.69) is 10.6 Å². The number of carbonyl (C=O) groups excluding carboxylic acids is 2. The highest BCUT2D eigenvalue weighted by atomic mass is 16.5. The zero-order chi connectivity index (χ0) is 22.2. The largest absolute Gasteiger partial charge is 0.493 e. The molecule has 0 aromatic heterocycles. The van der Waals surface area contributed by atoms with Gasteiger partial charge in [0.1, 0.15) is 0 Å². The van der Waals surface area contributed by atoms with Crippen molar-refractivity contribution in [1.29, 1.82) is 0 Å². The van der Waals surface area contributed by atoms with Gasteiger partial charge in [0.25, 0.3) is 5.91 Å². The van der Waals surface area contributed by atoms with Crippen LogP contribution in [0.1, 0.15) is 26.3 Å². The van der Waals surface area contributed by atoms with Gasteiger partial charge in [-0.3, -0.25) is 9.59 Å². The third-order valence-corrected chi connectivity index (χ3v) is 4.70. The van der Waals surface area contributed by atoms with Gasteiger partial charge >= 0.3 is 0 Å². The normalized spacial score (nSPS) is 10.5. The first-order valence-electron chi connectivity index (χ1n) is 9.68. The molecule has 1 amide bonds. The van der Waals surface area contributed by atoms with Crippen molar-refractivity contribution in [3.05, 3.63) is 89.5 Å². The highest BCUT2D eigenvalue weighted by Gasteiger charge is 2.11. The second kappa shape index (κ2) is 10.1. The van der Waals surface area contributed by atoms with Crippen molar-refractivity contribution in [1.82, 2.24) is 0 Å². The molecule has 3 rings (SSSR count). The number of allylic oxidation sites excluding steroid dienone is 1. The lowest BCUT2D eigenvalue weighted by molar-refractivity contribution is 0.102. The van der Waals surface area contributed by atoms with E-state index >= 15 is 0 Å². The number of anilines is 2. The molecule has 0 aliphatic heterocycles. The zero-order valence-corrected chi connectivity index (χ0v) is 17.6. The van der Waals surface area contributed by atoms with E-state index in [-0.39, 0.29) is 11.7 Å². The molecule has 0 radical (unpaired) electrons. The molecule has 0 fully saturated rings. The number of benzene rings is 3. The highest BCUT2D eigenvalue weighted by Crippen LogP contribution is 2.28. The summed E-state index contributed by atoms with van der Waals surface area (Å²) >= 11 is 0. The Bertz CT molecular complexity index is 1100. The van der Waals surface area contributed by atoms with Gasteiger partial charge in [-0.05, 0) is 60.2 Å². The predicted molar refractivity (Wildman–Crippen MR) is 123 cm³/mol. The number of amides is 1. The van der Waals surface area contributed by atoms with Crippen molar-refractivity contribution in [2.75, 3.05) is 31.9 Å². The predicted octanol–water partition coefficient (Wildman–Crippen LogP) is 4.89. The summed E-state index contributed by atoms with van der Waals surface area (Å²) in [6, 6.07) is 19.4. The molecule has 0 spiro atoms. The second-order valence-corrected chi connectivity index (χ2v) is 6.64. The van der Waals surface area contributed by atoms with Crippen LogP contribution >= 0.6 is 0 Å². The SMILES string of the molecule is CNc1ccccc1C(=O)Nc1ccc(C(=O)/C=C/c2ccc(OC)c(OC)c2)cc1. The van der Waals surface area contributed by atoms with Crippen LogP contribution in [0, 0.1) is 0 Å². The van der Waals surface area contributed by atoms with Crippen LogP contribution in [-0.4, -0.2) is 33.0 Å². The maximum atomic E-state index is 12.5. The minimum Gasteiger partial charge on any atom is -0.493 e. The summed E-state index contributed by atoms with van der Waals surface area (Å²) in [4.78, 5) is 25.0. The molecular weight excluding hydrogens is 392 g/mol. The van der Waals surface area contributed by atoms with E-state index < -0.39 is 0 Å². The number of carbonyl (C=O) groups is 2. The number of para-hydroxylation sites is 1. The minimum absolute atomic E-state index is 0.145. The summed E-state index contributed by atoms with van der Waals surface area (Å²) in [6.07, 6.45) is 3.21. The molecule has 0 saturated carbocycles. The minimum atomic E-state index is -0.225. The average molecular weight is 416 g/mol. The van der Waals surface area contributed by atoms with Crippen LogP contribution < -0.4 is 20.1 Å². The van der Waals surface area contributed by atoms with Crippen LogP contribution in [0.2, 0.25) is 0 Å². The lowest BCUT2D eigenvalue weighted by atomic mass is 10.1. The summed E-state index contributed by atoms with van der Waals surface area (Å²) in [5.74, 6) is 0.851. The maximum Gasteiger partial charge on any atom is 0.257 e. The van der Waals surface area contributed by atoms with E-state index in [1.807, 2.05) is 24.3 Å². The molecule has 0 saturated heterocycles. The van der Waals surface area contributed by atoms with Gasteiger partial charge in [-0.15, -0.1) is 0 Å². The molecule has 0 atom stereocenters. The van der Waals surface area contributed by atoms with E-state index in [1.54, 1.807) is 69.8 Å². The van der Waals surface area contributed by atoms with Crippen LogP contribution in [0.5, 0.6) is 11.5 Å². The molecule has 6 heteroatoms. The second-order valence-electron chi connectivity index (χ2n) is 6.64. The molecule has 31 heavy (non-hydrogen) atoms. The Labute approximate surface area is 181 Å². The number of methoxy groups -OCH3 is 2. The Hall–Kier alpha value is -4.06. The molecule has 0 heterocycles. The summed E-state index contributed by atoms with van der Waals surface area (Å²) < 4.78 is 10.5. The quantitative estimate of drug-likeness (QED) is 0.404. The Kier molecular flexibility index (Phi) is 7.06. The average Bonchev–Trinajstić information content (AvgIpc) is 2.82. The third kappa shape index (κ3) is 5.30. The molecule has 0 aliphatic carbocycles. The molecule has 0 aliphatic rings. The molecule has 3 aromatic rings. The number of rotatable bonds is 8. The van der Waals surface area contributed by atoms with Gasteiger partial charge in [0, 0.05) is 24.0 Å². The number of ketones is 1. The fourth-order valence-corrected chi connectivity index (χ4v) is 3.04. The van der Waals surface area contributed by atoms with Crippen LogP contribution in [-0.2, 0) is 0 Å². The van der Waals surface area contributed by atoms with E-state index in [0.717, 1.165) is 11.3 Å². The van der Waals surface area contributed by atoms with E-state index in [1.165, 1.54) is 6.08 Å². The first-order valence-corrected chi connectivity index (χ1v) is 9.68. The van der Waals surface area contributed by atoms with Crippen LogP contribution in [0.3, 0.4) is 0 Å². The fraction of sp³-hybridized carbons (Fsp3) is 0.120. The number of nitrogens with one attached hydrogen (secondary N) is 2. The monoisotopic (exact) mass is 416 g/mol. The maximum absolute atomic E-state index is 12.5. The van der Waals surface area contributed by atoms with Crippen molar-refractivity contribution < 1.29 is 19.1 Å². The van der Waals surface area contributed by atoms with Gasteiger partial charge in [0.15, 0.2) is 17.3 Å². The smallest absolute Gasteiger partial charge is 0.257 e. The van der Waals surface area contributed by atoms with Gasteiger partial charge in [-0.2, -0.15) is 0 Å². The molecule has 3 aromatic carbocycles. The summed E-state index contributed by atoms with van der Waals surface area (Å²) in [6.45, 7) is 0. The fourth-order valence-electron chi connectivity index (χ4n) is 3.04. The lowest BCUT2D eigenvalue weighted by Gasteiger charge is -2.10. The summed E-state index contributed by atoms with van der Waals surface area (Å²) in [5.41, 5.74) is 3.23. The van der Waals surface area contributed by atoms with Crippen molar-refractivity contribution in [3.63, 3.8) is 0 Å². The molecule has 2 N–H and O–H groups in total. The van der Waals surface area contributed by atoms with E-state index in [0.29, 0.717) is 28.3 Å². The topological polar surface area (TPSA) is 76.7 Å². The molecule has 6 nitrogen and oxygen atoms in total. The molecule has 0 unspecified atom stereocenters. The van der Waals surface area contributed by atoms with Gasteiger partial charge in [0.2, 0.25) is 0 Å². The van der Waals surface area contributed by atoms with Gasteiger partial charge in [0.05, 0.1) is 19.8 Å².